The summed E-state index contributed by atoms with van der Waals surface area (Å²) in [5, 5.41) is 6.41. The van der Waals surface area contributed by atoms with E-state index in [0.29, 0.717) is 11.4 Å². The molecule has 8 heteroatoms. The van der Waals surface area contributed by atoms with E-state index in [1.165, 1.54) is 0 Å². The Labute approximate surface area is 106 Å². The van der Waals surface area contributed by atoms with Crippen LogP contribution in [0.4, 0.5) is 0 Å². The molecule has 1 rings (SSSR count). The fraction of sp³-hybridized carbons (Fsp3) is 0.600. The van der Waals surface area contributed by atoms with Gasteiger partial charge in [-0.1, -0.05) is 13.8 Å². The summed E-state index contributed by atoms with van der Waals surface area (Å²) in [4.78, 5) is 11.3. The molecule has 102 valence electrons. The molecule has 7 nitrogen and oxygen atoms in total. The number of sulfonamides is 1. The Balaban J connectivity index is 3.13. The summed E-state index contributed by atoms with van der Waals surface area (Å²) >= 11 is 0. The largest absolute Gasteiger partial charge is 0.368 e. The zero-order chi connectivity index (χ0) is 14.1. The van der Waals surface area contributed by atoms with E-state index in [9.17, 15) is 13.2 Å². The molecule has 0 radical (unpaired) electrons. The summed E-state index contributed by atoms with van der Waals surface area (Å²) in [6.07, 6.45) is 0. The van der Waals surface area contributed by atoms with E-state index in [2.05, 4.69) is 14.9 Å². The number of aromatic amines is 1. The molecule has 1 atom stereocenters. The predicted molar refractivity (Wildman–Crippen MR) is 66.2 cm³/mol. The highest BCUT2D eigenvalue weighted by Gasteiger charge is 2.29. The van der Waals surface area contributed by atoms with Crippen molar-refractivity contribution in [1.82, 2.24) is 14.9 Å². The van der Waals surface area contributed by atoms with Crippen LogP contribution in [-0.4, -0.2) is 30.6 Å². The van der Waals surface area contributed by atoms with E-state index in [1.54, 1.807) is 27.7 Å². The van der Waals surface area contributed by atoms with Gasteiger partial charge in [0.2, 0.25) is 15.9 Å². The molecule has 0 saturated heterocycles. The van der Waals surface area contributed by atoms with Gasteiger partial charge in [-0.2, -0.15) is 9.82 Å². The van der Waals surface area contributed by atoms with Crippen LogP contribution in [0, 0.1) is 19.8 Å². The van der Waals surface area contributed by atoms with Crippen LogP contribution in [-0.2, 0) is 14.8 Å². The third-order valence-electron chi connectivity index (χ3n) is 2.58. The number of hydrogen-bond acceptors (Lipinski definition) is 4. The highest BCUT2D eigenvalue weighted by Crippen LogP contribution is 2.17. The number of carbonyl (C=O) groups excluding carboxylic acids is 1. The first-order valence-corrected chi connectivity index (χ1v) is 6.98. The zero-order valence-corrected chi connectivity index (χ0v) is 11.6. The van der Waals surface area contributed by atoms with E-state index in [1.807, 2.05) is 0 Å². The molecular formula is C10H18N4O3S. The van der Waals surface area contributed by atoms with Gasteiger partial charge in [0, 0.05) is 0 Å². The SMILES string of the molecule is Cc1n[nH]c(C)c1S(=O)(=O)NC(C(N)=O)C(C)C. The first-order chi connectivity index (χ1) is 8.16. The molecule has 0 aliphatic carbocycles. The van der Waals surface area contributed by atoms with Gasteiger partial charge < -0.3 is 5.73 Å². The van der Waals surface area contributed by atoms with Crippen LogP contribution < -0.4 is 10.5 Å². The van der Waals surface area contributed by atoms with Gasteiger partial charge in [-0.05, 0) is 19.8 Å². The summed E-state index contributed by atoms with van der Waals surface area (Å²) in [5.74, 6) is -0.933. The second kappa shape index (κ2) is 5.07. The highest BCUT2D eigenvalue weighted by atomic mass is 32.2. The normalized spacial score (nSPS) is 13.8. The third kappa shape index (κ3) is 2.88. The van der Waals surface area contributed by atoms with Crippen LogP contribution in [0.1, 0.15) is 25.2 Å². The number of nitrogens with two attached hydrogens (primary N) is 1. The Hall–Kier alpha value is -1.41. The van der Waals surface area contributed by atoms with Gasteiger partial charge in [-0.15, -0.1) is 0 Å². The van der Waals surface area contributed by atoms with Crippen molar-refractivity contribution in [2.75, 3.05) is 0 Å². The molecule has 1 aromatic rings. The Morgan fingerprint density at radius 3 is 2.28 bits per heavy atom. The molecule has 1 unspecified atom stereocenters. The van der Waals surface area contributed by atoms with Crippen molar-refractivity contribution in [1.29, 1.82) is 0 Å². The molecule has 0 spiro atoms. The third-order valence-corrected chi connectivity index (χ3v) is 4.29. The molecule has 1 aromatic heterocycles. The minimum atomic E-state index is -3.81. The lowest BCUT2D eigenvalue weighted by molar-refractivity contribution is -0.120. The molecule has 0 fully saturated rings. The summed E-state index contributed by atoms with van der Waals surface area (Å²) in [5.41, 5.74) is 5.96. The second-order valence-electron chi connectivity index (χ2n) is 4.51. The highest BCUT2D eigenvalue weighted by molar-refractivity contribution is 7.89. The summed E-state index contributed by atoms with van der Waals surface area (Å²) in [7, 11) is -3.81. The van der Waals surface area contributed by atoms with Gasteiger partial charge in [0.15, 0.2) is 0 Å². The Bertz CT molecular complexity index is 528. The molecule has 1 amide bonds. The van der Waals surface area contributed by atoms with Crippen molar-refractivity contribution >= 4 is 15.9 Å². The molecule has 0 aromatic carbocycles. The quantitative estimate of drug-likeness (QED) is 0.689. The minimum absolute atomic E-state index is 0.0643. The second-order valence-corrected chi connectivity index (χ2v) is 6.16. The summed E-state index contributed by atoms with van der Waals surface area (Å²) < 4.78 is 26.7. The van der Waals surface area contributed by atoms with Gasteiger partial charge in [0.1, 0.15) is 10.9 Å². The first kappa shape index (κ1) is 14.7. The van der Waals surface area contributed by atoms with Crippen LogP contribution in [0.3, 0.4) is 0 Å². The molecule has 0 saturated carbocycles. The van der Waals surface area contributed by atoms with Crippen LogP contribution in [0.15, 0.2) is 4.90 Å². The van der Waals surface area contributed by atoms with E-state index in [4.69, 9.17) is 5.73 Å². The van der Waals surface area contributed by atoms with Crippen LogP contribution in [0.25, 0.3) is 0 Å². The Morgan fingerprint density at radius 2 is 1.94 bits per heavy atom. The number of hydrogen-bond donors (Lipinski definition) is 3. The molecular weight excluding hydrogens is 256 g/mol. The monoisotopic (exact) mass is 274 g/mol. The van der Waals surface area contributed by atoms with E-state index in [0.717, 1.165) is 0 Å². The summed E-state index contributed by atoms with van der Waals surface area (Å²) in [6.45, 7) is 6.61. The fourth-order valence-corrected chi connectivity index (χ4v) is 3.41. The molecule has 0 aliphatic heterocycles. The zero-order valence-electron chi connectivity index (χ0n) is 10.8. The molecule has 1 heterocycles. The average molecular weight is 274 g/mol. The van der Waals surface area contributed by atoms with Crippen LogP contribution in [0.5, 0.6) is 0 Å². The van der Waals surface area contributed by atoms with Gasteiger partial charge >= 0.3 is 0 Å². The number of aryl methyl sites for hydroxylation is 2. The maximum absolute atomic E-state index is 12.2. The van der Waals surface area contributed by atoms with E-state index in [-0.39, 0.29) is 10.8 Å². The average Bonchev–Trinajstić information content (AvgIpc) is 2.54. The number of nitrogens with zero attached hydrogens (tertiary/aromatic N) is 1. The van der Waals surface area contributed by atoms with Gasteiger partial charge in [0.25, 0.3) is 0 Å². The maximum Gasteiger partial charge on any atom is 0.244 e. The minimum Gasteiger partial charge on any atom is -0.368 e. The number of rotatable bonds is 5. The smallest absolute Gasteiger partial charge is 0.244 e. The van der Waals surface area contributed by atoms with Crippen molar-refractivity contribution in [3.8, 4) is 0 Å². The number of primary amides is 1. The number of carbonyl (C=O) groups is 1. The maximum atomic E-state index is 12.2. The van der Waals surface area contributed by atoms with Crippen LogP contribution in [0.2, 0.25) is 0 Å². The van der Waals surface area contributed by atoms with Gasteiger partial charge in [-0.3, -0.25) is 9.89 Å². The Kier molecular flexibility index (Phi) is 4.12. The Morgan fingerprint density at radius 1 is 1.39 bits per heavy atom. The van der Waals surface area contributed by atoms with Crippen molar-refractivity contribution in [3.63, 3.8) is 0 Å². The van der Waals surface area contributed by atoms with Crippen molar-refractivity contribution in [2.24, 2.45) is 11.7 Å². The predicted octanol–water partition coefficient (Wildman–Crippen LogP) is -0.185. The van der Waals surface area contributed by atoms with Gasteiger partial charge in [0.05, 0.1) is 11.4 Å². The number of nitrogens with one attached hydrogen (secondary N) is 2. The van der Waals surface area contributed by atoms with E-state index < -0.39 is 22.0 Å². The molecule has 4 N–H and O–H groups in total. The molecule has 0 bridgehead atoms. The fourth-order valence-electron chi connectivity index (χ4n) is 1.69. The van der Waals surface area contributed by atoms with Crippen molar-refractivity contribution < 1.29 is 13.2 Å². The van der Waals surface area contributed by atoms with Crippen LogP contribution >= 0.6 is 0 Å². The molecule has 18 heavy (non-hydrogen) atoms. The van der Waals surface area contributed by atoms with Crippen molar-refractivity contribution in [2.45, 2.75) is 38.6 Å². The lowest BCUT2D eigenvalue weighted by Gasteiger charge is -2.18. The summed E-state index contributed by atoms with van der Waals surface area (Å²) in [6, 6.07) is -0.941. The standard InChI is InChI=1S/C10H18N4O3S/c1-5(2)8(10(11)15)14-18(16,17)9-6(3)12-13-7(9)4/h5,8,14H,1-4H3,(H2,11,15)(H,12,13). The molecule has 0 aliphatic rings. The first-order valence-electron chi connectivity index (χ1n) is 5.50. The lowest BCUT2D eigenvalue weighted by Crippen LogP contribution is -2.47. The number of amides is 1. The number of H-pyrrole nitrogens is 1. The van der Waals surface area contributed by atoms with Gasteiger partial charge in [-0.25, -0.2) is 8.42 Å². The topological polar surface area (TPSA) is 118 Å². The number of aromatic nitrogens is 2. The van der Waals surface area contributed by atoms with Crippen molar-refractivity contribution in [3.05, 3.63) is 11.4 Å². The lowest BCUT2D eigenvalue weighted by atomic mass is 10.1. The van der Waals surface area contributed by atoms with E-state index >= 15 is 0 Å².